The van der Waals surface area contributed by atoms with E-state index in [1.54, 1.807) is 6.07 Å². The van der Waals surface area contributed by atoms with Crippen LogP contribution >= 0.6 is 11.6 Å². The molecule has 0 aromatic heterocycles. The molecule has 0 saturated heterocycles. The van der Waals surface area contributed by atoms with Crippen LogP contribution < -0.4 is 5.32 Å². The number of carbonyl (C=O) groups is 1. The van der Waals surface area contributed by atoms with Crippen LogP contribution in [0.3, 0.4) is 0 Å². The summed E-state index contributed by atoms with van der Waals surface area (Å²) in [6.45, 7) is 0.565. The van der Waals surface area contributed by atoms with Gasteiger partial charge in [0.05, 0.1) is 18.1 Å². The molecule has 1 rings (SSSR count). The number of nitrogens with one attached hydrogen (secondary N) is 1. The molecule has 4 heteroatoms. The molecule has 0 fully saturated rings. The molecule has 1 aromatic carbocycles. The molecule has 1 N–H and O–H groups in total. The lowest BCUT2D eigenvalue weighted by molar-refractivity contribution is -0.117. The Kier molecular flexibility index (Phi) is 4.97. The normalized spacial score (nSPS) is 9.81. The molecule has 0 aliphatic heterocycles. The molecule has 0 heterocycles. The van der Waals surface area contributed by atoms with Gasteiger partial charge in [0.1, 0.15) is 5.82 Å². The average molecular weight is 240 g/mol. The van der Waals surface area contributed by atoms with Gasteiger partial charge in [0.15, 0.2) is 5.78 Å². The van der Waals surface area contributed by atoms with Crippen LogP contribution in [0.4, 0.5) is 4.39 Å². The summed E-state index contributed by atoms with van der Waals surface area (Å²) in [5.41, 5.74) is 0.693. The van der Waals surface area contributed by atoms with E-state index in [0.29, 0.717) is 12.1 Å². The Balaban J connectivity index is 2.50. The van der Waals surface area contributed by atoms with E-state index in [-0.39, 0.29) is 23.8 Å². The predicted octanol–water partition coefficient (Wildman–Crippen LogP) is 1.81. The zero-order chi connectivity index (χ0) is 12.0. The van der Waals surface area contributed by atoms with Crippen LogP contribution in [0.2, 0.25) is 5.02 Å². The smallest absolute Gasteiger partial charge is 0.150 e. The minimum atomic E-state index is -0.483. The molecule has 16 heavy (non-hydrogen) atoms. The van der Waals surface area contributed by atoms with Gasteiger partial charge in [-0.2, -0.15) is 0 Å². The number of hydrogen-bond acceptors (Lipinski definition) is 2. The van der Waals surface area contributed by atoms with Crippen LogP contribution in [0.5, 0.6) is 0 Å². The highest BCUT2D eigenvalue weighted by Crippen LogP contribution is 2.16. The van der Waals surface area contributed by atoms with Crippen molar-refractivity contribution < 1.29 is 9.18 Å². The Morgan fingerprint density at radius 1 is 1.56 bits per heavy atom. The fourth-order valence-electron chi connectivity index (χ4n) is 1.21. The Morgan fingerprint density at radius 3 is 2.94 bits per heavy atom. The molecule has 1 aromatic rings. The Bertz CT molecular complexity index is 426. The molecule has 0 bridgehead atoms. The summed E-state index contributed by atoms with van der Waals surface area (Å²) in [5.74, 6) is 1.87. The SMILES string of the molecule is C#CCNCC(=O)Cc1ccc(F)c(Cl)c1. The Hall–Kier alpha value is -1.37. The van der Waals surface area contributed by atoms with E-state index in [9.17, 15) is 9.18 Å². The van der Waals surface area contributed by atoms with Crippen molar-refractivity contribution in [1.82, 2.24) is 5.32 Å². The lowest BCUT2D eigenvalue weighted by atomic mass is 10.1. The van der Waals surface area contributed by atoms with Crippen molar-refractivity contribution in [3.63, 3.8) is 0 Å². The van der Waals surface area contributed by atoms with Crippen LogP contribution in [-0.4, -0.2) is 18.9 Å². The number of Topliss-reactive ketones (excluding diaryl/α,β-unsaturated/α-hetero) is 1. The zero-order valence-electron chi connectivity index (χ0n) is 8.59. The van der Waals surface area contributed by atoms with Crippen molar-refractivity contribution in [3.8, 4) is 12.3 Å². The van der Waals surface area contributed by atoms with E-state index in [0.717, 1.165) is 0 Å². The maximum atomic E-state index is 12.8. The van der Waals surface area contributed by atoms with Crippen molar-refractivity contribution in [2.24, 2.45) is 0 Å². The van der Waals surface area contributed by atoms with Crippen LogP contribution in [0.15, 0.2) is 18.2 Å². The van der Waals surface area contributed by atoms with E-state index in [2.05, 4.69) is 11.2 Å². The Morgan fingerprint density at radius 2 is 2.31 bits per heavy atom. The van der Waals surface area contributed by atoms with Gasteiger partial charge in [0.2, 0.25) is 0 Å². The molecule has 0 aliphatic rings. The van der Waals surface area contributed by atoms with Gasteiger partial charge in [0.25, 0.3) is 0 Å². The molecular formula is C12H11ClFNO. The molecule has 0 aliphatic carbocycles. The molecule has 0 spiro atoms. The van der Waals surface area contributed by atoms with Crippen molar-refractivity contribution in [2.45, 2.75) is 6.42 Å². The fraction of sp³-hybridized carbons (Fsp3) is 0.250. The third-order valence-electron chi connectivity index (χ3n) is 1.93. The van der Waals surface area contributed by atoms with Crippen molar-refractivity contribution in [1.29, 1.82) is 0 Å². The second-order valence-corrected chi connectivity index (χ2v) is 3.68. The Labute approximate surface area is 98.8 Å². The third-order valence-corrected chi connectivity index (χ3v) is 2.22. The standard InChI is InChI=1S/C12H11ClFNO/c1-2-5-15-8-10(16)6-9-3-4-12(14)11(13)7-9/h1,3-4,7,15H,5-6,8H2. The highest BCUT2D eigenvalue weighted by Gasteiger charge is 2.05. The first-order chi connectivity index (χ1) is 7.63. The van der Waals surface area contributed by atoms with Crippen molar-refractivity contribution in [3.05, 3.63) is 34.6 Å². The molecule has 0 atom stereocenters. The number of ketones is 1. The van der Waals surface area contributed by atoms with Gasteiger partial charge in [-0.3, -0.25) is 10.1 Å². The number of terminal acetylenes is 1. The molecule has 0 unspecified atom stereocenters. The number of carbonyl (C=O) groups excluding carboxylic acids is 1. The second kappa shape index (κ2) is 6.26. The van der Waals surface area contributed by atoms with Gasteiger partial charge >= 0.3 is 0 Å². The first kappa shape index (κ1) is 12.7. The van der Waals surface area contributed by atoms with E-state index >= 15 is 0 Å². The summed E-state index contributed by atoms with van der Waals surface area (Å²) in [5, 5.41) is 2.82. The number of benzene rings is 1. The van der Waals surface area contributed by atoms with Crippen molar-refractivity contribution in [2.75, 3.05) is 13.1 Å². The van der Waals surface area contributed by atoms with Gasteiger partial charge in [-0.05, 0) is 17.7 Å². The topological polar surface area (TPSA) is 29.1 Å². The number of hydrogen-bond donors (Lipinski definition) is 1. The fourth-order valence-corrected chi connectivity index (χ4v) is 1.42. The maximum absolute atomic E-state index is 12.8. The van der Waals surface area contributed by atoms with Crippen LogP contribution in [-0.2, 0) is 11.2 Å². The van der Waals surface area contributed by atoms with Gasteiger partial charge < -0.3 is 0 Å². The largest absolute Gasteiger partial charge is 0.299 e. The molecule has 0 radical (unpaired) electrons. The lowest BCUT2D eigenvalue weighted by Crippen LogP contribution is -2.24. The second-order valence-electron chi connectivity index (χ2n) is 3.27. The van der Waals surface area contributed by atoms with Gasteiger partial charge in [0, 0.05) is 6.42 Å². The molecule has 0 amide bonds. The van der Waals surface area contributed by atoms with Gasteiger partial charge in [-0.25, -0.2) is 4.39 Å². The van der Waals surface area contributed by atoms with Crippen molar-refractivity contribution >= 4 is 17.4 Å². The first-order valence-corrected chi connectivity index (χ1v) is 5.11. The average Bonchev–Trinajstić information content (AvgIpc) is 2.24. The lowest BCUT2D eigenvalue weighted by Gasteiger charge is -2.02. The highest BCUT2D eigenvalue weighted by atomic mass is 35.5. The quantitative estimate of drug-likeness (QED) is 0.627. The summed E-state index contributed by atoms with van der Waals surface area (Å²) in [6.07, 6.45) is 5.24. The number of halogens is 2. The van der Waals surface area contributed by atoms with E-state index in [1.807, 2.05) is 0 Å². The van der Waals surface area contributed by atoms with Crippen LogP contribution in [0, 0.1) is 18.2 Å². The number of rotatable bonds is 5. The van der Waals surface area contributed by atoms with Gasteiger partial charge in [-0.1, -0.05) is 23.6 Å². The molecular weight excluding hydrogens is 229 g/mol. The molecule has 84 valence electrons. The van der Waals surface area contributed by atoms with Gasteiger partial charge in [-0.15, -0.1) is 6.42 Å². The van der Waals surface area contributed by atoms with Crippen LogP contribution in [0.1, 0.15) is 5.56 Å². The molecule has 2 nitrogen and oxygen atoms in total. The minimum absolute atomic E-state index is 0.0158. The highest BCUT2D eigenvalue weighted by molar-refractivity contribution is 6.30. The minimum Gasteiger partial charge on any atom is -0.299 e. The van der Waals surface area contributed by atoms with E-state index < -0.39 is 5.82 Å². The van der Waals surface area contributed by atoms with Crippen LogP contribution in [0.25, 0.3) is 0 Å². The first-order valence-electron chi connectivity index (χ1n) is 4.73. The zero-order valence-corrected chi connectivity index (χ0v) is 9.35. The maximum Gasteiger partial charge on any atom is 0.150 e. The summed E-state index contributed by atoms with van der Waals surface area (Å²) in [6, 6.07) is 4.25. The summed E-state index contributed by atoms with van der Waals surface area (Å²) < 4.78 is 12.8. The summed E-state index contributed by atoms with van der Waals surface area (Å²) in [4.78, 5) is 11.4. The van der Waals surface area contributed by atoms with E-state index in [1.165, 1.54) is 12.1 Å². The summed E-state index contributed by atoms with van der Waals surface area (Å²) >= 11 is 5.60. The summed E-state index contributed by atoms with van der Waals surface area (Å²) in [7, 11) is 0. The predicted molar refractivity (Wildman–Crippen MR) is 61.8 cm³/mol. The molecule has 0 saturated carbocycles. The van der Waals surface area contributed by atoms with E-state index in [4.69, 9.17) is 18.0 Å². The third kappa shape index (κ3) is 4.01. The monoisotopic (exact) mass is 239 g/mol.